The van der Waals surface area contributed by atoms with Crippen molar-refractivity contribution in [3.05, 3.63) is 0 Å². The molecule has 0 aromatic carbocycles. The summed E-state index contributed by atoms with van der Waals surface area (Å²) in [4.78, 5) is 11.0. The molecule has 1 heteroatoms. The minimum atomic E-state index is 0.318. The van der Waals surface area contributed by atoms with Crippen molar-refractivity contribution >= 4 is 6.29 Å². The first kappa shape index (κ1) is 10.7. The van der Waals surface area contributed by atoms with Gasteiger partial charge in [0.15, 0.2) is 0 Å². The number of carbonyl (C=O) groups is 1. The summed E-state index contributed by atoms with van der Waals surface area (Å²) in [6.07, 6.45) is 3.60. The molecule has 0 amide bonds. The van der Waals surface area contributed by atoms with Crippen LogP contribution in [0.1, 0.15) is 40.5 Å². The first-order chi connectivity index (χ1) is 6.06. The molecule has 0 aromatic rings. The van der Waals surface area contributed by atoms with E-state index in [-0.39, 0.29) is 0 Å². The molecule has 1 nitrogen and oxygen atoms in total. The summed E-state index contributed by atoms with van der Waals surface area (Å²) in [5, 5.41) is 0. The lowest BCUT2D eigenvalue weighted by molar-refractivity contribution is -0.116. The summed E-state index contributed by atoms with van der Waals surface area (Å²) in [5.74, 6) is 3.05. The molecule has 13 heavy (non-hydrogen) atoms. The van der Waals surface area contributed by atoms with Crippen molar-refractivity contribution in [3.8, 4) is 0 Å². The molecule has 0 heterocycles. The van der Waals surface area contributed by atoms with Gasteiger partial charge < -0.3 is 4.79 Å². The third kappa shape index (κ3) is 2.32. The summed E-state index contributed by atoms with van der Waals surface area (Å²) in [7, 11) is 0. The van der Waals surface area contributed by atoms with Crippen LogP contribution in [-0.2, 0) is 4.79 Å². The average molecular weight is 182 g/mol. The highest BCUT2D eigenvalue weighted by atomic mass is 16.1. The van der Waals surface area contributed by atoms with E-state index in [9.17, 15) is 4.79 Å². The van der Waals surface area contributed by atoms with Crippen LogP contribution < -0.4 is 0 Å². The molecular formula is C12H22O. The van der Waals surface area contributed by atoms with Crippen molar-refractivity contribution in [1.29, 1.82) is 0 Å². The fraction of sp³-hybridized carbons (Fsp3) is 0.917. The number of hydrogen-bond acceptors (Lipinski definition) is 1. The van der Waals surface area contributed by atoms with Crippen molar-refractivity contribution < 1.29 is 4.79 Å². The standard InChI is InChI=1S/C12H22O/c1-8(2)12-10(4)5-9(3)6-11(12)7-13/h7-12H,5-6H2,1-4H3. The van der Waals surface area contributed by atoms with E-state index in [1.807, 2.05) is 0 Å². The highest BCUT2D eigenvalue weighted by molar-refractivity contribution is 5.54. The third-order valence-electron chi connectivity index (χ3n) is 3.54. The molecule has 0 bridgehead atoms. The Labute approximate surface area is 81.9 Å². The molecule has 1 aliphatic rings. The normalized spacial score (nSPS) is 40.7. The van der Waals surface area contributed by atoms with Crippen molar-refractivity contribution in [1.82, 2.24) is 0 Å². The minimum Gasteiger partial charge on any atom is -0.303 e. The first-order valence-corrected chi connectivity index (χ1v) is 5.51. The smallest absolute Gasteiger partial charge is 0.123 e. The van der Waals surface area contributed by atoms with Crippen molar-refractivity contribution in [2.75, 3.05) is 0 Å². The van der Waals surface area contributed by atoms with Crippen molar-refractivity contribution in [2.24, 2.45) is 29.6 Å². The molecule has 1 aliphatic carbocycles. The lowest BCUT2D eigenvalue weighted by Crippen LogP contribution is -2.34. The van der Waals surface area contributed by atoms with E-state index in [4.69, 9.17) is 0 Å². The van der Waals surface area contributed by atoms with Gasteiger partial charge in [-0.2, -0.15) is 0 Å². The molecule has 0 radical (unpaired) electrons. The minimum absolute atomic E-state index is 0.318. The Bertz CT molecular complexity index is 174. The molecule has 1 fully saturated rings. The molecule has 0 aliphatic heterocycles. The molecule has 4 atom stereocenters. The van der Waals surface area contributed by atoms with Gasteiger partial charge in [0, 0.05) is 5.92 Å². The molecule has 4 unspecified atom stereocenters. The van der Waals surface area contributed by atoms with E-state index in [1.165, 1.54) is 12.7 Å². The van der Waals surface area contributed by atoms with Crippen molar-refractivity contribution in [2.45, 2.75) is 40.5 Å². The average Bonchev–Trinajstić information content (AvgIpc) is 2.01. The predicted octanol–water partition coefficient (Wildman–Crippen LogP) is 3.14. The molecule has 1 saturated carbocycles. The van der Waals surface area contributed by atoms with Crippen LogP contribution in [0.25, 0.3) is 0 Å². The van der Waals surface area contributed by atoms with E-state index in [2.05, 4.69) is 27.7 Å². The molecular weight excluding hydrogens is 160 g/mol. The summed E-state index contributed by atoms with van der Waals surface area (Å²) < 4.78 is 0. The van der Waals surface area contributed by atoms with E-state index in [1.54, 1.807) is 0 Å². The third-order valence-corrected chi connectivity index (χ3v) is 3.54. The Hall–Kier alpha value is -0.330. The highest BCUT2D eigenvalue weighted by Gasteiger charge is 2.35. The van der Waals surface area contributed by atoms with Crippen LogP contribution in [0.3, 0.4) is 0 Å². The second kappa shape index (κ2) is 4.26. The van der Waals surface area contributed by atoms with Crippen LogP contribution in [0.2, 0.25) is 0 Å². The van der Waals surface area contributed by atoms with Gasteiger partial charge in [0.25, 0.3) is 0 Å². The van der Waals surface area contributed by atoms with Gasteiger partial charge in [-0.3, -0.25) is 0 Å². The SMILES string of the molecule is CC1CC(C)C(C(C)C)C(C=O)C1. The Kier molecular flexibility index (Phi) is 3.52. The first-order valence-electron chi connectivity index (χ1n) is 5.51. The van der Waals surface area contributed by atoms with Crippen LogP contribution in [0.5, 0.6) is 0 Å². The molecule has 1 rings (SSSR count). The van der Waals surface area contributed by atoms with Crippen LogP contribution in [-0.4, -0.2) is 6.29 Å². The maximum absolute atomic E-state index is 11.0. The molecule has 0 saturated heterocycles. The second-order valence-corrected chi connectivity index (χ2v) is 5.18. The maximum atomic E-state index is 11.0. The monoisotopic (exact) mass is 182 g/mol. The zero-order valence-corrected chi connectivity index (χ0v) is 9.29. The molecule has 76 valence electrons. The van der Waals surface area contributed by atoms with E-state index < -0.39 is 0 Å². The fourth-order valence-electron chi connectivity index (χ4n) is 3.23. The van der Waals surface area contributed by atoms with Crippen LogP contribution >= 0.6 is 0 Å². The lowest BCUT2D eigenvalue weighted by Gasteiger charge is -2.39. The molecule has 0 N–H and O–H groups in total. The van der Waals surface area contributed by atoms with Gasteiger partial charge in [0.2, 0.25) is 0 Å². The van der Waals surface area contributed by atoms with Gasteiger partial charge in [-0.25, -0.2) is 0 Å². The summed E-state index contributed by atoms with van der Waals surface area (Å²) >= 11 is 0. The van der Waals surface area contributed by atoms with Gasteiger partial charge in [-0.15, -0.1) is 0 Å². The van der Waals surface area contributed by atoms with Crippen LogP contribution in [0, 0.1) is 29.6 Å². The Morgan fingerprint density at radius 1 is 1.23 bits per heavy atom. The lowest BCUT2D eigenvalue weighted by atomic mass is 9.65. The fourth-order valence-corrected chi connectivity index (χ4v) is 3.23. The Morgan fingerprint density at radius 3 is 2.31 bits per heavy atom. The molecule has 0 aromatic heterocycles. The number of carbonyl (C=O) groups excluding carboxylic acids is 1. The zero-order valence-electron chi connectivity index (χ0n) is 9.29. The second-order valence-electron chi connectivity index (χ2n) is 5.18. The van der Waals surface area contributed by atoms with E-state index >= 15 is 0 Å². The predicted molar refractivity (Wildman–Crippen MR) is 55.4 cm³/mol. The van der Waals surface area contributed by atoms with Gasteiger partial charge >= 0.3 is 0 Å². The Morgan fingerprint density at radius 2 is 1.85 bits per heavy atom. The Balaban J connectivity index is 2.71. The zero-order chi connectivity index (χ0) is 10.0. The number of aldehydes is 1. The van der Waals surface area contributed by atoms with E-state index in [0.717, 1.165) is 18.3 Å². The summed E-state index contributed by atoms with van der Waals surface area (Å²) in [6.45, 7) is 9.06. The van der Waals surface area contributed by atoms with Gasteiger partial charge in [-0.05, 0) is 36.5 Å². The van der Waals surface area contributed by atoms with Crippen LogP contribution in [0.15, 0.2) is 0 Å². The van der Waals surface area contributed by atoms with E-state index in [0.29, 0.717) is 17.8 Å². The van der Waals surface area contributed by atoms with Crippen molar-refractivity contribution in [3.63, 3.8) is 0 Å². The maximum Gasteiger partial charge on any atom is 0.123 e. The van der Waals surface area contributed by atoms with Gasteiger partial charge in [-0.1, -0.05) is 27.7 Å². The quantitative estimate of drug-likeness (QED) is 0.600. The summed E-state index contributed by atoms with van der Waals surface area (Å²) in [5.41, 5.74) is 0. The number of hydrogen-bond donors (Lipinski definition) is 0. The topological polar surface area (TPSA) is 17.1 Å². The highest BCUT2D eigenvalue weighted by Crippen LogP contribution is 2.40. The number of rotatable bonds is 2. The summed E-state index contributed by atoms with van der Waals surface area (Å²) in [6, 6.07) is 0. The largest absolute Gasteiger partial charge is 0.303 e. The van der Waals surface area contributed by atoms with Gasteiger partial charge in [0.05, 0.1) is 0 Å². The van der Waals surface area contributed by atoms with Gasteiger partial charge in [0.1, 0.15) is 6.29 Å². The van der Waals surface area contributed by atoms with Crippen LogP contribution in [0.4, 0.5) is 0 Å². The molecule has 0 spiro atoms.